The van der Waals surface area contributed by atoms with Crippen LogP contribution in [0.25, 0.3) is 11.1 Å². The largest absolute Gasteiger partial charge is 0.496 e. The molecule has 4 heteroatoms. The summed E-state index contributed by atoms with van der Waals surface area (Å²) in [6.07, 6.45) is 0.472. The minimum absolute atomic E-state index is 0.0597. The summed E-state index contributed by atoms with van der Waals surface area (Å²) in [5.41, 5.74) is 2.30. The molecule has 0 aromatic heterocycles. The van der Waals surface area contributed by atoms with Gasteiger partial charge in [-0.25, -0.2) is 0 Å². The molecule has 3 rings (SSSR count). The number of carbonyl (C=O) groups is 1. The maximum absolute atomic E-state index is 11.0. The second-order valence-corrected chi connectivity index (χ2v) is 5.61. The van der Waals surface area contributed by atoms with Crippen molar-refractivity contribution in [3.05, 3.63) is 48.0 Å². The van der Waals surface area contributed by atoms with E-state index in [4.69, 9.17) is 14.6 Å². The molecule has 1 atom stereocenters. The van der Waals surface area contributed by atoms with Gasteiger partial charge < -0.3 is 14.6 Å². The Balaban J connectivity index is 2.15. The van der Waals surface area contributed by atoms with Crippen LogP contribution >= 0.6 is 0 Å². The van der Waals surface area contributed by atoms with E-state index in [-0.39, 0.29) is 6.42 Å². The Labute approximate surface area is 129 Å². The van der Waals surface area contributed by atoms with Crippen LogP contribution in [-0.2, 0) is 10.4 Å². The van der Waals surface area contributed by atoms with Crippen molar-refractivity contribution in [2.45, 2.75) is 25.4 Å². The lowest BCUT2D eigenvalue weighted by Gasteiger charge is -2.38. The van der Waals surface area contributed by atoms with Gasteiger partial charge in [0.2, 0.25) is 0 Å². The number of methoxy groups -OCH3 is 1. The smallest absolute Gasteiger partial charge is 0.303 e. The van der Waals surface area contributed by atoms with E-state index in [0.717, 1.165) is 28.2 Å². The lowest BCUT2D eigenvalue weighted by atomic mass is 9.82. The first-order valence-electron chi connectivity index (χ1n) is 7.23. The molecule has 1 unspecified atom stereocenters. The van der Waals surface area contributed by atoms with Crippen molar-refractivity contribution in [3.8, 4) is 22.6 Å². The number of hydrogen-bond donors (Lipinski definition) is 1. The Bertz CT molecular complexity index is 723. The van der Waals surface area contributed by atoms with E-state index in [1.54, 1.807) is 7.11 Å². The third-order valence-electron chi connectivity index (χ3n) is 4.13. The van der Waals surface area contributed by atoms with E-state index in [0.29, 0.717) is 6.42 Å². The van der Waals surface area contributed by atoms with Crippen molar-refractivity contribution in [1.82, 2.24) is 0 Å². The Kier molecular flexibility index (Phi) is 3.53. The Morgan fingerprint density at radius 3 is 2.73 bits per heavy atom. The summed E-state index contributed by atoms with van der Waals surface area (Å²) in [7, 11) is 1.64. The van der Waals surface area contributed by atoms with Crippen molar-refractivity contribution in [1.29, 1.82) is 0 Å². The van der Waals surface area contributed by atoms with Crippen LogP contribution in [0, 0.1) is 0 Å². The Morgan fingerprint density at radius 1 is 1.23 bits per heavy atom. The first-order valence-corrected chi connectivity index (χ1v) is 7.23. The van der Waals surface area contributed by atoms with Crippen LogP contribution in [0.2, 0.25) is 0 Å². The van der Waals surface area contributed by atoms with Gasteiger partial charge in [-0.1, -0.05) is 30.3 Å². The first-order chi connectivity index (χ1) is 10.5. The van der Waals surface area contributed by atoms with Gasteiger partial charge in [0.15, 0.2) is 0 Å². The van der Waals surface area contributed by atoms with Crippen LogP contribution in [0.4, 0.5) is 0 Å². The lowest BCUT2D eigenvalue weighted by molar-refractivity contribution is -0.138. The van der Waals surface area contributed by atoms with E-state index in [1.165, 1.54) is 0 Å². The zero-order valence-corrected chi connectivity index (χ0v) is 12.6. The second-order valence-electron chi connectivity index (χ2n) is 5.61. The minimum Gasteiger partial charge on any atom is -0.496 e. The SMILES string of the molecule is COc1cccc2c1-c1ccccc1C(C)(CCC(=O)O)O2. The third kappa shape index (κ3) is 2.30. The standard InChI is InChI=1S/C18H18O4/c1-18(11-10-16(19)20)13-7-4-3-6-12(13)17-14(21-2)8-5-9-15(17)22-18/h3-9H,10-11H2,1-2H3,(H,19,20). The molecule has 2 aromatic rings. The Hall–Kier alpha value is -2.49. The molecule has 1 aliphatic rings. The number of benzene rings is 2. The third-order valence-corrected chi connectivity index (χ3v) is 4.13. The summed E-state index contributed by atoms with van der Waals surface area (Å²) >= 11 is 0. The van der Waals surface area contributed by atoms with Crippen LogP contribution in [0.3, 0.4) is 0 Å². The van der Waals surface area contributed by atoms with Gasteiger partial charge in [0, 0.05) is 18.4 Å². The molecule has 1 heterocycles. The van der Waals surface area contributed by atoms with Crippen molar-refractivity contribution in [3.63, 3.8) is 0 Å². The fourth-order valence-corrected chi connectivity index (χ4v) is 3.02. The second kappa shape index (κ2) is 5.37. The Morgan fingerprint density at radius 2 is 2.00 bits per heavy atom. The minimum atomic E-state index is -0.821. The highest BCUT2D eigenvalue weighted by Crippen LogP contribution is 2.50. The van der Waals surface area contributed by atoms with E-state index < -0.39 is 11.6 Å². The molecule has 1 N–H and O–H groups in total. The zero-order valence-electron chi connectivity index (χ0n) is 12.6. The number of rotatable bonds is 4. The predicted octanol–water partition coefficient (Wildman–Crippen LogP) is 3.83. The maximum atomic E-state index is 11.0. The van der Waals surface area contributed by atoms with Gasteiger partial charge >= 0.3 is 5.97 Å². The molecular weight excluding hydrogens is 280 g/mol. The number of carboxylic acids is 1. The van der Waals surface area contributed by atoms with Crippen molar-refractivity contribution >= 4 is 5.97 Å². The van der Waals surface area contributed by atoms with Gasteiger partial charge in [-0.15, -0.1) is 0 Å². The van der Waals surface area contributed by atoms with Crippen molar-refractivity contribution < 1.29 is 19.4 Å². The van der Waals surface area contributed by atoms with Crippen LogP contribution in [0.15, 0.2) is 42.5 Å². The van der Waals surface area contributed by atoms with E-state index in [1.807, 2.05) is 49.4 Å². The molecular formula is C18H18O4. The number of ether oxygens (including phenoxy) is 2. The number of hydrogen-bond acceptors (Lipinski definition) is 3. The molecule has 4 nitrogen and oxygen atoms in total. The van der Waals surface area contributed by atoms with E-state index in [9.17, 15) is 4.79 Å². The molecule has 114 valence electrons. The monoisotopic (exact) mass is 298 g/mol. The van der Waals surface area contributed by atoms with Gasteiger partial charge in [0.25, 0.3) is 0 Å². The van der Waals surface area contributed by atoms with Gasteiger partial charge in [0.05, 0.1) is 12.7 Å². The van der Waals surface area contributed by atoms with Crippen LogP contribution < -0.4 is 9.47 Å². The molecule has 22 heavy (non-hydrogen) atoms. The van der Waals surface area contributed by atoms with Gasteiger partial charge in [0.1, 0.15) is 17.1 Å². The van der Waals surface area contributed by atoms with Gasteiger partial charge in [-0.3, -0.25) is 4.79 Å². The molecule has 0 bridgehead atoms. The lowest BCUT2D eigenvalue weighted by Crippen LogP contribution is -2.33. The summed E-state index contributed by atoms with van der Waals surface area (Å²) in [6, 6.07) is 13.6. The summed E-state index contributed by atoms with van der Waals surface area (Å²) in [4.78, 5) is 11.0. The van der Waals surface area contributed by atoms with Crippen LogP contribution in [-0.4, -0.2) is 18.2 Å². The molecule has 0 saturated heterocycles. The zero-order chi connectivity index (χ0) is 15.7. The van der Waals surface area contributed by atoms with Crippen molar-refractivity contribution in [2.75, 3.05) is 7.11 Å². The van der Waals surface area contributed by atoms with Gasteiger partial charge in [-0.2, -0.15) is 0 Å². The highest BCUT2D eigenvalue weighted by atomic mass is 16.5. The molecule has 0 aliphatic carbocycles. The number of fused-ring (bicyclic) bond motifs is 3. The van der Waals surface area contributed by atoms with Gasteiger partial charge in [-0.05, 0) is 24.6 Å². The normalized spacial score (nSPS) is 18.8. The molecule has 0 spiro atoms. The first kappa shape index (κ1) is 14.4. The van der Waals surface area contributed by atoms with E-state index in [2.05, 4.69) is 0 Å². The molecule has 1 aliphatic heterocycles. The van der Waals surface area contributed by atoms with Crippen molar-refractivity contribution in [2.24, 2.45) is 0 Å². The topological polar surface area (TPSA) is 55.8 Å². The molecule has 0 fully saturated rings. The summed E-state index contributed by atoms with van der Waals surface area (Å²) < 4.78 is 11.7. The van der Waals surface area contributed by atoms with E-state index >= 15 is 0 Å². The highest BCUT2D eigenvalue weighted by Gasteiger charge is 2.37. The molecule has 0 radical (unpaired) electrons. The van der Waals surface area contributed by atoms with Crippen LogP contribution in [0.5, 0.6) is 11.5 Å². The maximum Gasteiger partial charge on any atom is 0.303 e. The molecule has 2 aromatic carbocycles. The summed E-state index contributed by atoms with van der Waals surface area (Å²) in [5.74, 6) is 0.662. The fraction of sp³-hybridized carbons (Fsp3) is 0.278. The predicted molar refractivity (Wildman–Crippen MR) is 83.3 cm³/mol. The quantitative estimate of drug-likeness (QED) is 0.932. The average Bonchev–Trinajstić information content (AvgIpc) is 2.52. The molecule has 0 amide bonds. The van der Waals surface area contributed by atoms with Crippen LogP contribution in [0.1, 0.15) is 25.3 Å². The summed E-state index contributed by atoms with van der Waals surface area (Å²) in [5, 5.41) is 9.01. The average molecular weight is 298 g/mol. The fourth-order valence-electron chi connectivity index (χ4n) is 3.02. The molecule has 0 saturated carbocycles. The summed E-state index contributed by atoms with van der Waals surface area (Å²) in [6.45, 7) is 1.94. The highest BCUT2D eigenvalue weighted by molar-refractivity contribution is 5.81. The number of carboxylic acid groups (broad SMARTS) is 1. The number of aliphatic carboxylic acids is 1.